The molecular formula is C18H16N6O2. The second-order valence-corrected chi connectivity index (χ2v) is 5.27. The lowest BCUT2D eigenvalue weighted by atomic mass is 10.1. The van der Waals surface area contributed by atoms with Gasteiger partial charge in [-0.15, -0.1) is 0 Å². The maximum absolute atomic E-state index is 12.4. The number of nitriles is 1. The van der Waals surface area contributed by atoms with E-state index in [0.717, 1.165) is 0 Å². The highest BCUT2D eigenvalue weighted by Gasteiger charge is 2.08. The predicted octanol–water partition coefficient (Wildman–Crippen LogP) is 2.37. The van der Waals surface area contributed by atoms with E-state index < -0.39 is 5.84 Å². The highest BCUT2D eigenvalue weighted by Crippen LogP contribution is 2.15. The zero-order valence-corrected chi connectivity index (χ0v) is 13.9. The number of carbonyl (C=O) groups excluding carboxylic acids is 2. The zero-order valence-electron chi connectivity index (χ0n) is 13.9. The van der Waals surface area contributed by atoms with Crippen LogP contribution in [0.1, 0.15) is 27.6 Å². The van der Waals surface area contributed by atoms with E-state index in [2.05, 4.69) is 15.8 Å². The molecule has 5 N–H and O–H groups in total. The summed E-state index contributed by atoms with van der Waals surface area (Å²) in [6.45, 7) is 1.45. The first-order valence-electron chi connectivity index (χ1n) is 7.51. The molecule has 2 rings (SSSR count). The Hall–Kier alpha value is -3.99. The number of hydrogen-bond acceptors (Lipinski definition) is 6. The van der Waals surface area contributed by atoms with Gasteiger partial charge in [0.2, 0.25) is 5.71 Å². The average Bonchev–Trinajstić information content (AvgIpc) is 2.62. The number of rotatable bonds is 6. The standard InChI is InChI=1S/C18H16N6O2/c1-11(25)12-4-2-6-14(8-12)22-18(26)13-5-3-7-15(9-13)23-24-16(10-19)17(20)21/h2-9,23H,1H3,(H3,20,21)(H,22,26)/b24-16+. The van der Waals surface area contributed by atoms with Crippen molar-refractivity contribution in [2.24, 2.45) is 10.8 Å². The minimum atomic E-state index is -0.459. The Labute approximate surface area is 149 Å². The maximum atomic E-state index is 12.4. The summed E-state index contributed by atoms with van der Waals surface area (Å²) in [5, 5.41) is 22.4. The van der Waals surface area contributed by atoms with Gasteiger partial charge in [-0.3, -0.25) is 20.4 Å². The van der Waals surface area contributed by atoms with Crippen LogP contribution in [-0.2, 0) is 0 Å². The molecule has 0 spiro atoms. The Bertz CT molecular complexity index is 943. The van der Waals surface area contributed by atoms with Crippen molar-refractivity contribution in [1.29, 1.82) is 10.7 Å². The van der Waals surface area contributed by atoms with Gasteiger partial charge in [-0.05, 0) is 37.3 Å². The molecule has 0 bridgehead atoms. The first kappa shape index (κ1) is 18.4. The summed E-state index contributed by atoms with van der Waals surface area (Å²) < 4.78 is 0. The molecule has 0 saturated carbocycles. The first-order chi connectivity index (χ1) is 12.4. The predicted molar refractivity (Wildman–Crippen MR) is 99.4 cm³/mol. The number of carbonyl (C=O) groups is 2. The van der Waals surface area contributed by atoms with E-state index in [-0.39, 0.29) is 17.4 Å². The molecule has 0 unspecified atom stereocenters. The third-order valence-corrected chi connectivity index (χ3v) is 3.31. The molecule has 8 nitrogen and oxygen atoms in total. The Morgan fingerprint density at radius 2 is 1.73 bits per heavy atom. The Morgan fingerprint density at radius 1 is 1.12 bits per heavy atom. The summed E-state index contributed by atoms with van der Waals surface area (Å²) in [5.74, 6) is -0.923. The smallest absolute Gasteiger partial charge is 0.255 e. The van der Waals surface area contributed by atoms with E-state index in [4.69, 9.17) is 16.4 Å². The van der Waals surface area contributed by atoms with Crippen molar-refractivity contribution < 1.29 is 9.59 Å². The normalized spacial score (nSPS) is 10.5. The van der Waals surface area contributed by atoms with E-state index in [1.165, 1.54) is 13.0 Å². The number of amidine groups is 1. The number of hydrogen-bond donors (Lipinski definition) is 4. The van der Waals surface area contributed by atoms with Gasteiger partial charge in [0.15, 0.2) is 11.6 Å². The molecule has 2 aromatic carbocycles. The molecule has 1 amide bonds. The maximum Gasteiger partial charge on any atom is 0.255 e. The van der Waals surface area contributed by atoms with Gasteiger partial charge in [0.25, 0.3) is 5.91 Å². The molecule has 0 aromatic heterocycles. The van der Waals surface area contributed by atoms with Crippen LogP contribution in [0.2, 0.25) is 0 Å². The van der Waals surface area contributed by atoms with E-state index in [1.54, 1.807) is 48.5 Å². The topological polar surface area (TPSA) is 144 Å². The summed E-state index contributed by atoms with van der Waals surface area (Å²) >= 11 is 0. The Morgan fingerprint density at radius 3 is 2.35 bits per heavy atom. The third-order valence-electron chi connectivity index (χ3n) is 3.31. The Kier molecular flexibility index (Phi) is 5.79. The van der Waals surface area contributed by atoms with E-state index in [1.807, 2.05) is 0 Å². The van der Waals surface area contributed by atoms with Crippen molar-refractivity contribution in [2.75, 3.05) is 10.7 Å². The minimum Gasteiger partial charge on any atom is -0.382 e. The summed E-state index contributed by atoms with van der Waals surface area (Å²) in [6, 6.07) is 14.7. The summed E-state index contributed by atoms with van der Waals surface area (Å²) in [6.07, 6.45) is 0. The van der Waals surface area contributed by atoms with Crippen molar-refractivity contribution in [1.82, 2.24) is 0 Å². The molecule has 0 aliphatic heterocycles. The van der Waals surface area contributed by atoms with Crippen molar-refractivity contribution in [3.63, 3.8) is 0 Å². The minimum absolute atomic E-state index is 0.0936. The van der Waals surface area contributed by atoms with Gasteiger partial charge in [-0.1, -0.05) is 18.2 Å². The molecule has 130 valence electrons. The largest absolute Gasteiger partial charge is 0.382 e. The Balaban J connectivity index is 2.15. The molecule has 0 aliphatic carbocycles. The van der Waals surface area contributed by atoms with Crippen LogP contribution in [0.4, 0.5) is 11.4 Å². The lowest BCUT2D eigenvalue weighted by Crippen LogP contribution is -2.21. The van der Waals surface area contributed by atoms with Crippen molar-refractivity contribution in [2.45, 2.75) is 6.92 Å². The van der Waals surface area contributed by atoms with Gasteiger partial charge in [0.1, 0.15) is 6.07 Å². The second kappa shape index (κ2) is 8.21. The van der Waals surface area contributed by atoms with Gasteiger partial charge < -0.3 is 11.1 Å². The SMILES string of the molecule is CC(=O)c1cccc(NC(=O)c2cccc(N/N=C(\C#N)C(=N)N)c2)c1. The van der Waals surface area contributed by atoms with E-state index in [9.17, 15) is 9.59 Å². The van der Waals surface area contributed by atoms with Gasteiger partial charge >= 0.3 is 0 Å². The van der Waals surface area contributed by atoms with Crippen molar-refractivity contribution in [3.05, 3.63) is 59.7 Å². The van der Waals surface area contributed by atoms with Crippen LogP contribution >= 0.6 is 0 Å². The molecular weight excluding hydrogens is 332 g/mol. The fourth-order valence-corrected chi connectivity index (χ4v) is 2.02. The molecule has 0 heterocycles. The molecule has 26 heavy (non-hydrogen) atoms. The zero-order chi connectivity index (χ0) is 19.1. The van der Waals surface area contributed by atoms with Crippen LogP contribution in [0.3, 0.4) is 0 Å². The van der Waals surface area contributed by atoms with Gasteiger partial charge in [-0.2, -0.15) is 10.4 Å². The number of benzene rings is 2. The summed E-state index contributed by atoms with van der Waals surface area (Å²) in [4.78, 5) is 23.8. The van der Waals surface area contributed by atoms with Crippen molar-refractivity contribution >= 4 is 34.6 Å². The molecule has 0 fully saturated rings. The second-order valence-electron chi connectivity index (χ2n) is 5.27. The average molecular weight is 348 g/mol. The monoisotopic (exact) mass is 348 g/mol. The van der Waals surface area contributed by atoms with Crippen LogP contribution in [0.5, 0.6) is 0 Å². The van der Waals surface area contributed by atoms with Gasteiger partial charge in [0, 0.05) is 16.8 Å². The molecule has 0 radical (unpaired) electrons. The molecule has 2 aromatic rings. The number of amides is 1. The van der Waals surface area contributed by atoms with Crippen molar-refractivity contribution in [3.8, 4) is 6.07 Å². The lowest BCUT2D eigenvalue weighted by Gasteiger charge is -2.08. The fourth-order valence-electron chi connectivity index (χ4n) is 2.02. The summed E-state index contributed by atoms with van der Waals surface area (Å²) in [5.41, 5.74) is 9.33. The quantitative estimate of drug-likeness (QED) is 0.274. The molecule has 0 aliphatic rings. The number of nitrogens with one attached hydrogen (secondary N) is 3. The lowest BCUT2D eigenvalue weighted by molar-refractivity contribution is 0.101. The van der Waals surface area contributed by atoms with Crippen LogP contribution in [-0.4, -0.2) is 23.2 Å². The van der Waals surface area contributed by atoms with Crippen LogP contribution < -0.4 is 16.5 Å². The number of Topliss-reactive ketones (excluding diaryl/α,β-unsaturated/α-hetero) is 1. The van der Waals surface area contributed by atoms with Crippen LogP contribution in [0, 0.1) is 16.7 Å². The highest BCUT2D eigenvalue weighted by atomic mass is 16.1. The van der Waals surface area contributed by atoms with Crippen LogP contribution in [0.25, 0.3) is 0 Å². The first-order valence-corrected chi connectivity index (χ1v) is 7.51. The van der Waals surface area contributed by atoms with Crippen LogP contribution in [0.15, 0.2) is 53.6 Å². The number of anilines is 2. The van der Waals surface area contributed by atoms with Gasteiger partial charge in [-0.25, -0.2) is 0 Å². The highest BCUT2D eigenvalue weighted by molar-refractivity contribution is 6.45. The van der Waals surface area contributed by atoms with E-state index in [0.29, 0.717) is 22.5 Å². The molecule has 0 atom stereocenters. The number of ketones is 1. The third kappa shape index (κ3) is 4.75. The summed E-state index contributed by atoms with van der Waals surface area (Å²) in [7, 11) is 0. The molecule has 0 saturated heterocycles. The van der Waals surface area contributed by atoms with E-state index >= 15 is 0 Å². The fraction of sp³-hybridized carbons (Fsp3) is 0.0556. The molecule has 8 heteroatoms. The number of nitrogens with two attached hydrogens (primary N) is 1. The van der Waals surface area contributed by atoms with Gasteiger partial charge in [0.05, 0.1) is 5.69 Å². The number of nitrogens with zero attached hydrogens (tertiary/aromatic N) is 2. The number of hydrazone groups is 1.